The minimum absolute atomic E-state index is 0.0829. The summed E-state index contributed by atoms with van der Waals surface area (Å²) < 4.78 is 18.9. The van der Waals surface area contributed by atoms with Crippen molar-refractivity contribution in [3.8, 4) is 5.75 Å². The minimum atomic E-state index is -0.265. The summed E-state index contributed by atoms with van der Waals surface area (Å²) in [4.78, 5) is 0. The Labute approximate surface area is 84.6 Å². The SMILES string of the molecule is COc1ccc(CO)c2sc(F)cc12. The molecule has 0 saturated carbocycles. The van der Waals surface area contributed by atoms with Crippen molar-refractivity contribution in [1.82, 2.24) is 0 Å². The van der Waals surface area contributed by atoms with Crippen molar-refractivity contribution in [2.45, 2.75) is 6.61 Å². The molecule has 0 atom stereocenters. The maximum Gasteiger partial charge on any atom is 0.177 e. The zero-order chi connectivity index (χ0) is 10.1. The number of methoxy groups -OCH3 is 1. The van der Waals surface area contributed by atoms with E-state index < -0.39 is 0 Å². The van der Waals surface area contributed by atoms with E-state index in [1.54, 1.807) is 19.2 Å². The minimum Gasteiger partial charge on any atom is -0.496 e. The van der Waals surface area contributed by atoms with Crippen LogP contribution in [0.4, 0.5) is 4.39 Å². The van der Waals surface area contributed by atoms with Crippen LogP contribution < -0.4 is 4.74 Å². The van der Waals surface area contributed by atoms with Crippen molar-refractivity contribution >= 4 is 21.4 Å². The van der Waals surface area contributed by atoms with Gasteiger partial charge in [-0.2, -0.15) is 4.39 Å². The van der Waals surface area contributed by atoms with Gasteiger partial charge in [-0.1, -0.05) is 6.07 Å². The third-order valence-corrected chi connectivity index (χ3v) is 3.08. The van der Waals surface area contributed by atoms with Gasteiger partial charge in [-0.15, -0.1) is 11.3 Å². The van der Waals surface area contributed by atoms with Gasteiger partial charge in [-0.05, 0) is 17.7 Å². The fourth-order valence-electron chi connectivity index (χ4n) is 1.43. The maximum absolute atomic E-state index is 13.0. The Morgan fingerprint density at radius 1 is 1.50 bits per heavy atom. The van der Waals surface area contributed by atoms with Crippen molar-refractivity contribution in [3.05, 3.63) is 28.9 Å². The molecule has 1 aromatic carbocycles. The second-order valence-electron chi connectivity index (χ2n) is 2.88. The van der Waals surface area contributed by atoms with Crippen molar-refractivity contribution < 1.29 is 14.2 Å². The number of thiophene rings is 1. The fourth-order valence-corrected chi connectivity index (χ4v) is 2.33. The number of hydrogen-bond acceptors (Lipinski definition) is 3. The molecule has 0 radical (unpaired) electrons. The average Bonchev–Trinajstić information content (AvgIpc) is 2.57. The lowest BCUT2D eigenvalue weighted by Crippen LogP contribution is -1.87. The lowest BCUT2D eigenvalue weighted by Gasteiger charge is -2.03. The first kappa shape index (κ1) is 9.43. The smallest absolute Gasteiger partial charge is 0.177 e. The van der Waals surface area contributed by atoms with Crippen LogP contribution in [-0.4, -0.2) is 12.2 Å². The molecule has 0 fully saturated rings. The highest BCUT2D eigenvalue weighted by Gasteiger charge is 2.10. The monoisotopic (exact) mass is 212 g/mol. The van der Waals surface area contributed by atoms with E-state index in [9.17, 15) is 4.39 Å². The third-order valence-electron chi connectivity index (χ3n) is 2.09. The molecule has 14 heavy (non-hydrogen) atoms. The molecule has 74 valence electrons. The molecule has 2 nitrogen and oxygen atoms in total. The Balaban J connectivity index is 2.77. The van der Waals surface area contributed by atoms with E-state index in [4.69, 9.17) is 9.84 Å². The largest absolute Gasteiger partial charge is 0.496 e. The summed E-state index contributed by atoms with van der Waals surface area (Å²) in [6, 6.07) is 4.91. The fraction of sp³-hybridized carbons (Fsp3) is 0.200. The van der Waals surface area contributed by atoms with Crippen LogP contribution in [0.25, 0.3) is 10.1 Å². The summed E-state index contributed by atoms with van der Waals surface area (Å²) in [6.07, 6.45) is 0. The zero-order valence-electron chi connectivity index (χ0n) is 7.58. The van der Waals surface area contributed by atoms with Gasteiger partial charge in [0.15, 0.2) is 5.13 Å². The van der Waals surface area contributed by atoms with Crippen molar-refractivity contribution in [3.63, 3.8) is 0 Å². The molecule has 0 bridgehead atoms. The van der Waals surface area contributed by atoms with Crippen LogP contribution in [-0.2, 0) is 6.61 Å². The average molecular weight is 212 g/mol. The first-order valence-corrected chi connectivity index (χ1v) is 4.93. The van der Waals surface area contributed by atoms with Gasteiger partial charge in [0.05, 0.1) is 13.7 Å². The quantitative estimate of drug-likeness (QED) is 0.829. The van der Waals surface area contributed by atoms with E-state index in [1.807, 2.05) is 0 Å². The topological polar surface area (TPSA) is 29.5 Å². The van der Waals surface area contributed by atoms with E-state index in [2.05, 4.69) is 0 Å². The van der Waals surface area contributed by atoms with Gasteiger partial charge in [0, 0.05) is 10.1 Å². The van der Waals surface area contributed by atoms with E-state index in [-0.39, 0.29) is 11.7 Å². The molecule has 2 aromatic rings. The Morgan fingerprint density at radius 2 is 2.29 bits per heavy atom. The molecule has 0 spiro atoms. The number of aliphatic hydroxyl groups excluding tert-OH is 1. The van der Waals surface area contributed by atoms with Crippen LogP contribution in [0.3, 0.4) is 0 Å². The lowest BCUT2D eigenvalue weighted by molar-refractivity contribution is 0.283. The standard InChI is InChI=1S/C10H9FO2S/c1-13-8-3-2-6(5-12)10-7(8)4-9(11)14-10/h2-4,12H,5H2,1H3. The molecule has 0 amide bonds. The lowest BCUT2D eigenvalue weighted by atomic mass is 10.1. The number of benzene rings is 1. The molecule has 0 aliphatic rings. The summed E-state index contributed by atoms with van der Waals surface area (Å²) in [5.41, 5.74) is 0.731. The summed E-state index contributed by atoms with van der Waals surface area (Å²) in [7, 11) is 1.54. The summed E-state index contributed by atoms with van der Waals surface area (Å²) in [5.74, 6) is 0.636. The molecule has 0 unspecified atom stereocenters. The summed E-state index contributed by atoms with van der Waals surface area (Å²) >= 11 is 1.03. The van der Waals surface area contributed by atoms with Gasteiger partial charge in [-0.3, -0.25) is 0 Å². The van der Waals surface area contributed by atoms with Gasteiger partial charge in [0.2, 0.25) is 0 Å². The highest BCUT2D eigenvalue weighted by Crippen LogP contribution is 2.34. The molecule has 4 heteroatoms. The van der Waals surface area contributed by atoms with Crippen LogP contribution in [0.2, 0.25) is 0 Å². The van der Waals surface area contributed by atoms with Crippen molar-refractivity contribution in [2.75, 3.05) is 7.11 Å². The number of aliphatic hydroxyl groups is 1. The van der Waals surface area contributed by atoms with E-state index >= 15 is 0 Å². The molecule has 1 aromatic heterocycles. The van der Waals surface area contributed by atoms with Crippen LogP contribution >= 0.6 is 11.3 Å². The number of rotatable bonds is 2. The molecule has 1 N–H and O–H groups in total. The highest BCUT2D eigenvalue weighted by atomic mass is 32.1. The van der Waals surface area contributed by atoms with Gasteiger partial charge >= 0.3 is 0 Å². The number of halogens is 1. The first-order chi connectivity index (χ1) is 6.76. The van der Waals surface area contributed by atoms with Gasteiger partial charge in [0.25, 0.3) is 0 Å². The molecule has 0 aliphatic heterocycles. The van der Waals surface area contributed by atoms with Crippen molar-refractivity contribution in [1.29, 1.82) is 0 Å². The number of ether oxygens (including phenoxy) is 1. The highest BCUT2D eigenvalue weighted by molar-refractivity contribution is 7.17. The predicted molar refractivity (Wildman–Crippen MR) is 54.3 cm³/mol. The van der Waals surface area contributed by atoms with Crippen LogP contribution in [0.15, 0.2) is 18.2 Å². The Bertz CT molecular complexity index is 423. The second-order valence-corrected chi connectivity index (χ2v) is 3.88. The molecular weight excluding hydrogens is 203 g/mol. The van der Waals surface area contributed by atoms with Gasteiger partial charge in [-0.25, -0.2) is 0 Å². The maximum atomic E-state index is 13.0. The third kappa shape index (κ3) is 1.36. The Kier molecular flexibility index (Phi) is 2.39. The van der Waals surface area contributed by atoms with E-state index in [1.165, 1.54) is 6.07 Å². The first-order valence-electron chi connectivity index (χ1n) is 4.12. The zero-order valence-corrected chi connectivity index (χ0v) is 8.40. The van der Waals surface area contributed by atoms with Crippen LogP contribution in [0.1, 0.15) is 5.56 Å². The molecule has 2 rings (SSSR count). The van der Waals surface area contributed by atoms with E-state index in [0.29, 0.717) is 5.75 Å². The molecule has 1 heterocycles. The van der Waals surface area contributed by atoms with Gasteiger partial charge in [0.1, 0.15) is 5.75 Å². The molecular formula is C10H9FO2S. The number of hydrogen-bond donors (Lipinski definition) is 1. The predicted octanol–water partition coefficient (Wildman–Crippen LogP) is 2.54. The Morgan fingerprint density at radius 3 is 2.93 bits per heavy atom. The van der Waals surface area contributed by atoms with Crippen LogP contribution in [0.5, 0.6) is 5.75 Å². The Hall–Kier alpha value is -1.13. The van der Waals surface area contributed by atoms with Gasteiger partial charge < -0.3 is 9.84 Å². The van der Waals surface area contributed by atoms with Crippen molar-refractivity contribution in [2.24, 2.45) is 0 Å². The summed E-state index contributed by atoms with van der Waals surface area (Å²) in [5, 5.41) is 9.51. The second kappa shape index (κ2) is 3.55. The number of fused-ring (bicyclic) bond motifs is 1. The summed E-state index contributed by atoms with van der Waals surface area (Å²) in [6.45, 7) is -0.0829. The van der Waals surface area contributed by atoms with Crippen LogP contribution in [0, 0.1) is 5.13 Å². The molecule has 0 saturated heterocycles. The molecule has 0 aliphatic carbocycles. The van der Waals surface area contributed by atoms with E-state index in [0.717, 1.165) is 27.0 Å². The normalized spacial score (nSPS) is 10.8.